The predicted octanol–water partition coefficient (Wildman–Crippen LogP) is 0.731. The van der Waals surface area contributed by atoms with Crippen LogP contribution in [-0.2, 0) is 4.74 Å². The number of hydrogen-bond donors (Lipinski definition) is 2. The molecule has 4 nitrogen and oxygen atoms in total. The van der Waals surface area contributed by atoms with E-state index in [1.54, 1.807) is 0 Å². The Morgan fingerprint density at radius 1 is 1.59 bits per heavy atom. The van der Waals surface area contributed by atoms with Crippen molar-refractivity contribution >= 4 is 0 Å². The third-order valence-corrected chi connectivity index (χ3v) is 3.35. The molecule has 1 aliphatic heterocycles. The first-order chi connectivity index (χ1) is 8.19. The number of rotatable bonds is 6. The van der Waals surface area contributed by atoms with E-state index in [2.05, 4.69) is 30.1 Å². The van der Waals surface area contributed by atoms with Gasteiger partial charge >= 0.3 is 0 Å². The van der Waals surface area contributed by atoms with Crippen LogP contribution in [0.15, 0.2) is 0 Å². The van der Waals surface area contributed by atoms with E-state index in [1.807, 2.05) is 0 Å². The summed E-state index contributed by atoms with van der Waals surface area (Å²) < 4.78 is 5.81. The van der Waals surface area contributed by atoms with Crippen LogP contribution >= 0.6 is 0 Å². The Labute approximate surface area is 105 Å². The largest absolute Gasteiger partial charge is 0.374 e. The van der Waals surface area contributed by atoms with Crippen molar-refractivity contribution in [2.45, 2.75) is 51.3 Å². The second-order valence-electron chi connectivity index (χ2n) is 4.87. The fourth-order valence-corrected chi connectivity index (χ4v) is 2.21. The van der Waals surface area contributed by atoms with Gasteiger partial charge < -0.3 is 4.74 Å². The zero-order valence-corrected chi connectivity index (χ0v) is 11.0. The van der Waals surface area contributed by atoms with E-state index >= 15 is 0 Å². The number of unbranched alkanes of at least 4 members (excludes halogenated alkanes) is 1. The lowest BCUT2D eigenvalue weighted by Gasteiger charge is -2.38. The van der Waals surface area contributed by atoms with Gasteiger partial charge in [-0.05, 0) is 26.7 Å². The topological polar surface area (TPSA) is 50.5 Å². The number of nitrogens with two attached hydrogens (primary N) is 1. The van der Waals surface area contributed by atoms with E-state index in [9.17, 15) is 0 Å². The Bertz CT molecular complexity index is 250. The molecule has 0 spiro atoms. The van der Waals surface area contributed by atoms with Gasteiger partial charge in [0.2, 0.25) is 0 Å². The highest BCUT2D eigenvalue weighted by atomic mass is 16.5. The zero-order chi connectivity index (χ0) is 12.7. The van der Waals surface area contributed by atoms with Crippen LogP contribution in [-0.4, -0.2) is 42.8 Å². The van der Waals surface area contributed by atoms with Gasteiger partial charge in [-0.1, -0.05) is 0 Å². The summed E-state index contributed by atoms with van der Waals surface area (Å²) in [4.78, 5) is 2.43. The third kappa shape index (κ3) is 4.64. The molecule has 1 aliphatic rings. The van der Waals surface area contributed by atoms with Crippen LogP contribution in [0.2, 0.25) is 0 Å². The number of nitrogens with zero attached hydrogens (tertiary/aromatic N) is 1. The second-order valence-corrected chi connectivity index (χ2v) is 4.87. The summed E-state index contributed by atoms with van der Waals surface area (Å²) in [6.45, 7) is 7.17. The zero-order valence-electron chi connectivity index (χ0n) is 11.0. The molecule has 17 heavy (non-hydrogen) atoms. The summed E-state index contributed by atoms with van der Waals surface area (Å²) in [6.07, 6.45) is 8.20. The van der Waals surface area contributed by atoms with Crippen LogP contribution in [0.3, 0.4) is 0 Å². The summed E-state index contributed by atoms with van der Waals surface area (Å²) in [6, 6.07) is 0.760. The van der Waals surface area contributed by atoms with E-state index in [1.165, 1.54) is 0 Å². The standard InChI is InChI=1S/C13H25N3O/c1-4-5-6-7-12(15-14)13-10-16(11(2)3)8-9-17-13/h1,11-13,15H,5-10,14H2,2-3H3. The summed E-state index contributed by atoms with van der Waals surface area (Å²) in [5.41, 5.74) is 2.87. The van der Waals surface area contributed by atoms with Crippen LogP contribution in [0.25, 0.3) is 0 Å². The molecule has 2 unspecified atom stereocenters. The lowest BCUT2D eigenvalue weighted by Crippen LogP contribution is -2.55. The van der Waals surface area contributed by atoms with Crippen molar-refractivity contribution in [3.63, 3.8) is 0 Å². The van der Waals surface area contributed by atoms with Gasteiger partial charge in [-0.25, -0.2) is 0 Å². The smallest absolute Gasteiger partial charge is 0.0868 e. The van der Waals surface area contributed by atoms with Gasteiger partial charge in [-0.15, -0.1) is 12.3 Å². The number of nitrogens with one attached hydrogen (secondary N) is 1. The van der Waals surface area contributed by atoms with E-state index in [0.29, 0.717) is 6.04 Å². The van der Waals surface area contributed by atoms with E-state index in [0.717, 1.165) is 39.0 Å². The van der Waals surface area contributed by atoms with Crippen molar-refractivity contribution in [3.05, 3.63) is 0 Å². The SMILES string of the molecule is C#CCCCC(NN)C1CN(C(C)C)CCO1. The van der Waals surface area contributed by atoms with Gasteiger partial charge in [0.25, 0.3) is 0 Å². The maximum Gasteiger partial charge on any atom is 0.0868 e. The summed E-state index contributed by atoms with van der Waals surface area (Å²) >= 11 is 0. The molecule has 0 aliphatic carbocycles. The van der Waals surface area contributed by atoms with Crippen molar-refractivity contribution in [3.8, 4) is 12.3 Å². The van der Waals surface area contributed by atoms with Crippen molar-refractivity contribution in [2.75, 3.05) is 19.7 Å². The lowest BCUT2D eigenvalue weighted by atomic mass is 10.0. The first-order valence-corrected chi connectivity index (χ1v) is 6.44. The molecule has 1 saturated heterocycles. The molecule has 0 aromatic heterocycles. The summed E-state index contributed by atoms with van der Waals surface area (Å²) in [7, 11) is 0. The molecule has 0 bridgehead atoms. The average Bonchev–Trinajstić information content (AvgIpc) is 2.35. The molecule has 1 heterocycles. The third-order valence-electron chi connectivity index (χ3n) is 3.35. The van der Waals surface area contributed by atoms with Crippen LogP contribution in [0.4, 0.5) is 0 Å². The molecule has 0 aromatic carbocycles. The number of hydrazine groups is 1. The first kappa shape index (κ1) is 14.5. The van der Waals surface area contributed by atoms with Gasteiger partial charge in [0, 0.05) is 31.6 Å². The molecule has 3 N–H and O–H groups in total. The predicted molar refractivity (Wildman–Crippen MR) is 70.2 cm³/mol. The average molecular weight is 239 g/mol. The van der Waals surface area contributed by atoms with Crippen LogP contribution in [0.5, 0.6) is 0 Å². The highest BCUT2D eigenvalue weighted by Crippen LogP contribution is 2.15. The number of hydrogen-bond acceptors (Lipinski definition) is 4. The summed E-state index contributed by atoms with van der Waals surface area (Å²) in [5, 5.41) is 0. The highest BCUT2D eigenvalue weighted by molar-refractivity contribution is 4.87. The Morgan fingerprint density at radius 3 is 2.94 bits per heavy atom. The molecule has 98 valence electrons. The number of morpholine rings is 1. The quantitative estimate of drug-likeness (QED) is 0.310. The fraction of sp³-hybridized carbons (Fsp3) is 0.846. The minimum atomic E-state index is 0.175. The van der Waals surface area contributed by atoms with Crippen LogP contribution in [0.1, 0.15) is 33.1 Å². The molecular weight excluding hydrogens is 214 g/mol. The molecular formula is C13H25N3O. The Morgan fingerprint density at radius 2 is 2.35 bits per heavy atom. The Balaban J connectivity index is 2.42. The lowest BCUT2D eigenvalue weighted by molar-refractivity contribution is -0.0567. The van der Waals surface area contributed by atoms with Gasteiger partial charge in [-0.2, -0.15) is 0 Å². The molecule has 1 rings (SSSR count). The molecule has 0 amide bonds. The van der Waals surface area contributed by atoms with Gasteiger partial charge in [-0.3, -0.25) is 16.2 Å². The number of terminal acetylenes is 1. The van der Waals surface area contributed by atoms with Gasteiger partial charge in [0.15, 0.2) is 0 Å². The van der Waals surface area contributed by atoms with Gasteiger partial charge in [0.05, 0.1) is 12.7 Å². The normalized spacial score (nSPS) is 23.6. The Kier molecular flexibility index (Phi) is 6.53. The minimum absolute atomic E-state index is 0.175. The highest BCUT2D eigenvalue weighted by Gasteiger charge is 2.28. The maximum absolute atomic E-state index is 5.81. The maximum atomic E-state index is 5.81. The van der Waals surface area contributed by atoms with Crippen LogP contribution in [0, 0.1) is 12.3 Å². The molecule has 0 radical (unpaired) electrons. The van der Waals surface area contributed by atoms with Crippen molar-refractivity contribution < 1.29 is 4.74 Å². The number of ether oxygens (including phenoxy) is 1. The molecule has 0 saturated carbocycles. The fourth-order valence-electron chi connectivity index (χ4n) is 2.21. The molecule has 4 heteroatoms. The van der Waals surface area contributed by atoms with Crippen LogP contribution < -0.4 is 11.3 Å². The molecule has 2 atom stereocenters. The minimum Gasteiger partial charge on any atom is -0.374 e. The summed E-state index contributed by atoms with van der Waals surface area (Å²) in [5.74, 6) is 8.26. The molecule has 1 fully saturated rings. The molecule has 0 aromatic rings. The first-order valence-electron chi connectivity index (χ1n) is 6.44. The van der Waals surface area contributed by atoms with E-state index in [4.69, 9.17) is 17.0 Å². The van der Waals surface area contributed by atoms with Crippen molar-refractivity contribution in [1.29, 1.82) is 0 Å². The monoisotopic (exact) mass is 239 g/mol. The van der Waals surface area contributed by atoms with E-state index in [-0.39, 0.29) is 12.1 Å². The van der Waals surface area contributed by atoms with E-state index < -0.39 is 0 Å². The van der Waals surface area contributed by atoms with Crippen molar-refractivity contribution in [1.82, 2.24) is 10.3 Å². The second kappa shape index (κ2) is 7.67. The van der Waals surface area contributed by atoms with Crippen molar-refractivity contribution in [2.24, 2.45) is 5.84 Å². The Hall–Kier alpha value is -0.600. The van der Waals surface area contributed by atoms with Gasteiger partial charge in [0.1, 0.15) is 0 Å².